The van der Waals surface area contributed by atoms with Crippen LogP contribution in [0.3, 0.4) is 0 Å². The molecule has 0 saturated heterocycles. The summed E-state index contributed by atoms with van der Waals surface area (Å²) in [5, 5.41) is 3.19. The highest BCUT2D eigenvalue weighted by atomic mass is 79.9. The predicted octanol–water partition coefficient (Wildman–Crippen LogP) is 3.60. The van der Waals surface area contributed by atoms with Gasteiger partial charge >= 0.3 is 0 Å². The molecule has 0 radical (unpaired) electrons. The first-order valence-electron chi connectivity index (χ1n) is 8.45. The largest absolute Gasteiger partial charge is 0.492 e. The molecule has 4 nitrogen and oxygen atoms in total. The zero-order chi connectivity index (χ0) is 16.7. The predicted molar refractivity (Wildman–Crippen MR) is 96.7 cm³/mol. The summed E-state index contributed by atoms with van der Waals surface area (Å²) in [6.07, 6.45) is 6.01. The van der Waals surface area contributed by atoms with Crippen LogP contribution in [0.5, 0.6) is 5.75 Å². The number of hydrogen-bond acceptors (Lipinski definition) is 3. The Kier molecular flexibility index (Phi) is 7.37. The third-order valence-electron chi connectivity index (χ3n) is 4.52. The minimum absolute atomic E-state index is 0.128. The van der Waals surface area contributed by atoms with Crippen molar-refractivity contribution in [1.82, 2.24) is 10.2 Å². The van der Waals surface area contributed by atoms with Crippen LogP contribution in [0, 0.1) is 0 Å². The van der Waals surface area contributed by atoms with Crippen molar-refractivity contribution in [3.05, 3.63) is 28.7 Å². The summed E-state index contributed by atoms with van der Waals surface area (Å²) in [5.41, 5.74) is 0. The van der Waals surface area contributed by atoms with Gasteiger partial charge in [0.25, 0.3) is 0 Å². The van der Waals surface area contributed by atoms with Gasteiger partial charge in [0.1, 0.15) is 12.4 Å². The summed E-state index contributed by atoms with van der Waals surface area (Å²) in [5.74, 6) is 0.976. The first-order valence-corrected chi connectivity index (χ1v) is 9.24. The van der Waals surface area contributed by atoms with Gasteiger partial charge in [0.15, 0.2) is 0 Å². The SMILES string of the molecule is CC(C(=O)NC1CCCCC1)N(C)CCOc1ccc(Br)cc1. The highest BCUT2D eigenvalue weighted by molar-refractivity contribution is 9.10. The fraction of sp³-hybridized carbons (Fsp3) is 0.611. The van der Waals surface area contributed by atoms with Crippen molar-refractivity contribution in [2.24, 2.45) is 0 Å². The summed E-state index contributed by atoms with van der Waals surface area (Å²) >= 11 is 3.40. The van der Waals surface area contributed by atoms with Gasteiger partial charge < -0.3 is 10.1 Å². The number of nitrogens with one attached hydrogen (secondary N) is 1. The quantitative estimate of drug-likeness (QED) is 0.782. The lowest BCUT2D eigenvalue weighted by Gasteiger charge is -2.28. The molecule has 1 aromatic rings. The van der Waals surface area contributed by atoms with E-state index in [2.05, 4.69) is 21.2 Å². The van der Waals surface area contributed by atoms with Gasteiger partial charge in [0, 0.05) is 17.1 Å². The smallest absolute Gasteiger partial charge is 0.237 e. The van der Waals surface area contributed by atoms with E-state index < -0.39 is 0 Å². The number of nitrogens with zero attached hydrogens (tertiary/aromatic N) is 1. The highest BCUT2D eigenvalue weighted by Gasteiger charge is 2.22. The van der Waals surface area contributed by atoms with E-state index in [-0.39, 0.29) is 11.9 Å². The highest BCUT2D eigenvalue weighted by Crippen LogP contribution is 2.18. The molecule has 1 amide bonds. The Morgan fingerprint density at radius 2 is 1.96 bits per heavy atom. The van der Waals surface area contributed by atoms with Crippen LogP contribution in [-0.4, -0.2) is 43.1 Å². The normalized spacial score (nSPS) is 17.0. The molecule has 5 heteroatoms. The molecular formula is C18H27BrN2O2. The van der Waals surface area contributed by atoms with Gasteiger partial charge in [0.05, 0.1) is 6.04 Å². The molecule has 1 aliphatic carbocycles. The summed E-state index contributed by atoms with van der Waals surface area (Å²) in [6.45, 7) is 3.24. The van der Waals surface area contributed by atoms with E-state index in [9.17, 15) is 4.79 Å². The van der Waals surface area contributed by atoms with Crippen LogP contribution in [-0.2, 0) is 4.79 Å². The molecule has 1 unspecified atom stereocenters. The molecule has 0 spiro atoms. The number of ether oxygens (including phenoxy) is 1. The number of carbonyl (C=O) groups is 1. The van der Waals surface area contributed by atoms with E-state index in [0.717, 1.165) is 29.6 Å². The summed E-state index contributed by atoms with van der Waals surface area (Å²) in [6, 6.07) is 8.02. The minimum atomic E-state index is -0.134. The number of benzene rings is 1. The molecule has 0 bridgehead atoms. The van der Waals surface area contributed by atoms with E-state index in [1.807, 2.05) is 43.1 Å². The van der Waals surface area contributed by atoms with Gasteiger partial charge in [-0.1, -0.05) is 35.2 Å². The molecule has 1 N–H and O–H groups in total. The standard InChI is InChI=1S/C18H27BrN2O2/c1-14(18(22)20-16-6-4-3-5-7-16)21(2)12-13-23-17-10-8-15(19)9-11-17/h8-11,14,16H,3-7,12-13H2,1-2H3,(H,20,22). The van der Waals surface area contributed by atoms with Crippen molar-refractivity contribution in [3.8, 4) is 5.75 Å². The Morgan fingerprint density at radius 3 is 2.61 bits per heavy atom. The molecule has 2 rings (SSSR count). The maximum atomic E-state index is 12.3. The van der Waals surface area contributed by atoms with E-state index >= 15 is 0 Å². The molecule has 0 aromatic heterocycles. The summed E-state index contributed by atoms with van der Waals surface area (Å²) in [4.78, 5) is 14.4. The first kappa shape index (κ1) is 18.3. The van der Waals surface area contributed by atoms with Gasteiger partial charge in [-0.05, 0) is 51.1 Å². The fourth-order valence-corrected chi connectivity index (χ4v) is 3.07. The van der Waals surface area contributed by atoms with Gasteiger partial charge in [-0.25, -0.2) is 0 Å². The van der Waals surface area contributed by atoms with Crippen molar-refractivity contribution in [2.45, 2.75) is 51.1 Å². The van der Waals surface area contributed by atoms with E-state index in [1.54, 1.807) is 0 Å². The third-order valence-corrected chi connectivity index (χ3v) is 5.05. The van der Waals surface area contributed by atoms with Crippen LogP contribution < -0.4 is 10.1 Å². The minimum Gasteiger partial charge on any atom is -0.492 e. The Labute approximate surface area is 147 Å². The van der Waals surface area contributed by atoms with Gasteiger partial charge in [-0.2, -0.15) is 0 Å². The van der Waals surface area contributed by atoms with E-state index in [0.29, 0.717) is 12.6 Å². The molecule has 128 valence electrons. The topological polar surface area (TPSA) is 41.6 Å². The lowest BCUT2D eigenvalue weighted by atomic mass is 9.95. The lowest BCUT2D eigenvalue weighted by Crippen LogP contribution is -2.48. The molecule has 1 atom stereocenters. The van der Waals surface area contributed by atoms with Crippen molar-refractivity contribution in [1.29, 1.82) is 0 Å². The number of likely N-dealkylation sites (N-methyl/N-ethyl adjacent to an activating group) is 1. The van der Waals surface area contributed by atoms with Crippen molar-refractivity contribution in [2.75, 3.05) is 20.2 Å². The summed E-state index contributed by atoms with van der Waals surface area (Å²) < 4.78 is 6.75. The molecule has 23 heavy (non-hydrogen) atoms. The van der Waals surface area contributed by atoms with Crippen molar-refractivity contribution >= 4 is 21.8 Å². The lowest BCUT2D eigenvalue weighted by molar-refractivity contribution is -0.126. The Bertz CT molecular complexity index is 486. The second kappa shape index (κ2) is 9.28. The van der Waals surface area contributed by atoms with Crippen LogP contribution >= 0.6 is 15.9 Å². The van der Waals surface area contributed by atoms with E-state index in [4.69, 9.17) is 4.74 Å². The van der Waals surface area contributed by atoms with Crippen molar-refractivity contribution in [3.63, 3.8) is 0 Å². The molecule has 0 heterocycles. The van der Waals surface area contributed by atoms with Gasteiger partial charge in [-0.15, -0.1) is 0 Å². The Hall–Kier alpha value is -1.07. The molecule has 1 saturated carbocycles. The first-order chi connectivity index (χ1) is 11.1. The Balaban J connectivity index is 1.69. The zero-order valence-corrected chi connectivity index (χ0v) is 15.6. The second-order valence-electron chi connectivity index (χ2n) is 6.30. The number of hydrogen-bond donors (Lipinski definition) is 1. The maximum absolute atomic E-state index is 12.3. The fourth-order valence-electron chi connectivity index (χ4n) is 2.80. The molecule has 1 fully saturated rings. The molecule has 1 aromatic carbocycles. The second-order valence-corrected chi connectivity index (χ2v) is 7.22. The molecule has 1 aliphatic rings. The molecule has 0 aliphatic heterocycles. The van der Waals surface area contributed by atoms with Crippen LogP contribution in [0.4, 0.5) is 0 Å². The van der Waals surface area contributed by atoms with Gasteiger partial charge in [0.2, 0.25) is 5.91 Å². The zero-order valence-electron chi connectivity index (χ0n) is 14.1. The third kappa shape index (κ3) is 6.15. The van der Waals surface area contributed by atoms with Crippen LogP contribution in [0.25, 0.3) is 0 Å². The van der Waals surface area contributed by atoms with Crippen LogP contribution in [0.15, 0.2) is 28.7 Å². The number of amides is 1. The average molecular weight is 383 g/mol. The number of halogens is 1. The number of rotatable bonds is 7. The van der Waals surface area contributed by atoms with Gasteiger partial charge in [-0.3, -0.25) is 9.69 Å². The van der Waals surface area contributed by atoms with Crippen LogP contribution in [0.1, 0.15) is 39.0 Å². The monoisotopic (exact) mass is 382 g/mol. The van der Waals surface area contributed by atoms with Crippen LogP contribution in [0.2, 0.25) is 0 Å². The Morgan fingerprint density at radius 1 is 1.30 bits per heavy atom. The molecular weight excluding hydrogens is 356 g/mol. The summed E-state index contributed by atoms with van der Waals surface area (Å²) in [7, 11) is 1.97. The van der Waals surface area contributed by atoms with Crippen molar-refractivity contribution < 1.29 is 9.53 Å². The number of carbonyl (C=O) groups excluding carboxylic acids is 1. The average Bonchev–Trinajstić information content (AvgIpc) is 2.56. The van der Waals surface area contributed by atoms with E-state index in [1.165, 1.54) is 19.3 Å². The maximum Gasteiger partial charge on any atom is 0.237 e.